The van der Waals surface area contributed by atoms with Crippen molar-refractivity contribution in [3.63, 3.8) is 0 Å². The molecular weight excluding hydrogens is 228 g/mol. The van der Waals surface area contributed by atoms with Gasteiger partial charge in [-0.25, -0.2) is 0 Å². The van der Waals surface area contributed by atoms with Gasteiger partial charge < -0.3 is 9.84 Å². The zero-order valence-corrected chi connectivity index (χ0v) is 11.6. The van der Waals surface area contributed by atoms with Crippen LogP contribution in [0, 0.1) is 5.92 Å². The Morgan fingerprint density at radius 1 is 1.39 bits per heavy atom. The maximum absolute atomic E-state index is 10.8. The number of carboxylic acids is 1. The zero-order chi connectivity index (χ0) is 13.8. The molecule has 1 rings (SSSR count). The number of methoxy groups -OCH3 is 1. The van der Waals surface area contributed by atoms with Gasteiger partial charge in [0.1, 0.15) is 0 Å². The first-order valence-electron chi connectivity index (χ1n) is 6.20. The molecule has 0 saturated carbocycles. The van der Waals surface area contributed by atoms with Crippen molar-refractivity contribution in [1.29, 1.82) is 0 Å². The fourth-order valence-electron chi connectivity index (χ4n) is 1.87. The average molecular weight is 250 g/mol. The van der Waals surface area contributed by atoms with E-state index in [1.54, 1.807) is 14.0 Å². The second-order valence-corrected chi connectivity index (χ2v) is 5.40. The van der Waals surface area contributed by atoms with Crippen LogP contribution in [-0.2, 0) is 22.4 Å². The summed E-state index contributed by atoms with van der Waals surface area (Å²) in [6.07, 6.45) is 1.38. The van der Waals surface area contributed by atoms with E-state index in [0.29, 0.717) is 6.42 Å². The van der Waals surface area contributed by atoms with Crippen LogP contribution in [0.2, 0.25) is 0 Å². The first-order valence-corrected chi connectivity index (χ1v) is 6.20. The molecular formula is C15H22O3. The minimum atomic E-state index is -0.752. The van der Waals surface area contributed by atoms with Crippen molar-refractivity contribution in [3.8, 4) is 0 Å². The monoisotopic (exact) mass is 250 g/mol. The predicted molar refractivity (Wildman–Crippen MR) is 71.7 cm³/mol. The predicted octanol–water partition coefficient (Wildman–Crippen LogP) is 2.92. The Labute approximate surface area is 109 Å². The van der Waals surface area contributed by atoms with Crippen molar-refractivity contribution < 1.29 is 14.6 Å². The molecule has 1 N–H and O–H groups in total. The van der Waals surface area contributed by atoms with E-state index < -0.39 is 5.97 Å². The van der Waals surface area contributed by atoms with E-state index in [1.807, 2.05) is 26.0 Å². The van der Waals surface area contributed by atoms with Crippen LogP contribution in [0.1, 0.15) is 31.9 Å². The molecule has 3 nitrogen and oxygen atoms in total. The van der Waals surface area contributed by atoms with Gasteiger partial charge >= 0.3 is 5.97 Å². The first-order chi connectivity index (χ1) is 8.34. The largest absolute Gasteiger partial charge is 0.481 e. The highest BCUT2D eigenvalue weighted by atomic mass is 16.5. The second kappa shape index (κ2) is 6.01. The zero-order valence-electron chi connectivity index (χ0n) is 11.6. The average Bonchev–Trinajstić information content (AvgIpc) is 2.28. The SMILES string of the molecule is COC(C)(C)Cc1cccc(CC(C)C(=O)O)c1. The number of aliphatic carboxylic acids is 1. The van der Waals surface area contributed by atoms with E-state index in [9.17, 15) is 4.79 Å². The van der Waals surface area contributed by atoms with E-state index in [4.69, 9.17) is 9.84 Å². The highest BCUT2D eigenvalue weighted by Gasteiger charge is 2.17. The van der Waals surface area contributed by atoms with Crippen LogP contribution in [0.3, 0.4) is 0 Å². The van der Waals surface area contributed by atoms with Crippen LogP contribution in [0.4, 0.5) is 0 Å². The Kier molecular flexibility index (Phi) is 4.91. The molecule has 100 valence electrons. The lowest BCUT2D eigenvalue weighted by atomic mass is 9.94. The molecule has 0 saturated heterocycles. The van der Waals surface area contributed by atoms with Crippen molar-refractivity contribution in [2.45, 2.75) is 39.2 Å². The van der Waals surface area contributed by atoms with Crippen LogP contribution < -0.4 is 0 Å². The van der Waals surface area contributed by atoms with Gasteiger partial charge in [-0.2, -0.15) is 0 Å². The van der Waals surface area contributed by atoms with Gasteiger partial charge in [0.25, 0.3) is 0 Å². The number of hydrogen-bond donors (Lipinski definition) is 1. The number of rotatable bonds is 6. The van der Waals surface area contributed by atoms with Gasteiger partial charge in [-0.1, -0.05) is 31.2 Å². The van der Waals surface area contributed by atoms with Crippen molar-refractivity contribution in [2.75, 3.05) is 7.11 Å². The summed E-state index contributed by atoms with van der Waals surface area (Å²) in [5, 5.41) is 8.92. The van der Waals surface area contributed by atoms with E-state index in [0.717, 1.165) is 12.0 Å². The molecule has 0 aliphatic rings. The smallest absolute Gasteiger partial charge is 0.306 e. The van der Waals surface area contributed by atoms with E-state index in [2.05, 4.69) is 12.1 Å². The van der Waals surface area contributed by atoms with E-state index in [-0.39, 0.29) is 11.5 Å². The van der Waals surface area contributed by atoms with E-state index in [1.165, 1.54) is 5.56 Å². The standard InChI is InChI=1S/C15H22O3/c1-11(14(16)17)8-12-6-5-7-13(9-12)10-15(2,3)18-4/h5-7,9,11H,8,10H2,1-4H3,(H,16,17). The topological polar surface area (TPSA) is 46.5 Å². The van der Waals surface area contributed by atoms with E-state index >= 15 is 0 Å². The summed E-state index contributed by atoms with van der Waals surface area (Å²) in [7, 11) is 1.70. The Morgan fingerprint density at radius 2 is 2.00 bits per heavy atom. The minimum Gasteiger partial charge on any atom is -0.481 e. The van der Waals surface area contributed by atoms with Gasteiger partial charge in [-0.05, 0) is 31.4 Å². The third-order valence-electron chi connectivity index (χ3n) is 3.14. The molecule has 0 spiro atoms. The molecule has 1 aromatic rings. The van der Waals surface area contributed by atoms with Gasteiger partial charge in [0.2, 0.25) is 0 Å². The van der Waals surface area contributed by atoms with Crippen LogP contribution in [0.15, 0.2) is 24.3 Å². The van der Waals surface area contributed by atoms with Gasteiger partial charge in [0.15, 0.2) is 0 Å². The number of benzene rings is 1. The van der Waals surface area contributed by atoms with Gasteiger partial charge in [-0.3, -0.25) is 4.79 Å². The summed E-state index contributed by atoms with van der Waals surface area (Å²) in [6.45, 7) is 5.81. The first kappa shape index (κ1) is 14.7. The van der Waals surface area contributed by atoms with Gasteiger partial charge in [0.05, 0.1) is 11.5 Å². The molecule has 0 bridgehead atoms. The number of ether oxygens (including phenoxy) is 1. The molecule has 18 heavy (non-hydrogen) atoms. The van der Waals surface area contributed by atoms with Crippen molar-refractivity contribution in [2.24, 2.45) is 5.92 Å². The molecule has 0 amide bonds. The lowest BCUT2D eigenvalue weighted by molar-refractivity contribution is -0.141. The molecule has 3 heteroatoms. The van der Waals surface area contributed by atoms with Crippen LogP contribution in [0.25, 0.3) is 0 Å². The quantitative estimate of drug-likeness (QED) is 0.844. The lowest BCUT2D eigenvalue weighted by Crippen LogP contribution is -2.25. The highest BCUT2D eigenvalue weighted by Crippen LogP contribution is 2.18. The Hall–Kier alpha value is -1.35. The summed E-state index contributed by atoms with van der Waals surface area (Å²) in [5.41, 5.74) is 2.04. The Morgan fingerprint density at radius 3 is 2.56 bits per heavy atom. The molecule has 0 aromatic heterocycles. The minimum absolute atomic E-state index is 0.197. The molecule has 0 aliphatic carbocycles. The Bertz CT molecular complexity index is 410. The van der Waals surface area contributed by atoms with Crippen LogP contribution >= 0.6 is 0 Å². The highest BCUT2D eigenvalue weighted by molar-refractivity contribution is 5.69. The number of carbonyl (C=O) groups is 1. The normalized spacial score (nSPS) is 13.3. The molecule has 1 atom stereocenters. The second-order valence-electron chi connectivity index (χ2n) is 5.40. The van der Waals surface area contributed by atoms with Crippen molar-refractivity contribution in [3.05, 3.63) is 35.4 Å². The fraction of sp³-hybridized carbons (Fsp3) is 0.533. The summed E-state index contributed by atoms with van der Waals surface area (Å²) < 4.78 is 5.41. The Balaban J connectivity index is 2.77. The third kappa shape index (κ3) is 4.49. The molecule has 0 radical (unpaired) electrons. The molecule has 1 aromatic carbocycles. The maximum atomic E-state index is 10.8. The molecule has 0 fully saturated rings. The summed E-state index contributed by atoms with van der Waals surface area (Å²) in [5.74, 6) is -1.10. The van der Waals surface area contributed by atoms with Crippen molar-refractivity contribution in [1.82, 2.24) is 0 Å². The molecule has 0 heterocycles. The van der Waals surface area contributed by atoms with Gasteiger partial charge in [0, 0.05) is 13.5 Å². The summed E-state index contributed by atoms with van der Waals surface area (Å²) in [4.78, 5) is 10.8. The number of hydrogen-bond acceptors (Lipinski definition) is 2. The maximum Gasteiger partial charge on any atom is 0.306 e. The fourth-order valence-corrected chi connectivity index (χ4v) is 1.87. The third-order valence-corrected chi connectivity index (χ3v) is 3.14. The summed E-state index contributed by atoms with van der Waals surface area (Å²) >= 11 is 0. The molecule has 1 unspecified atom stereocenters. The van der Waals surface area contributed by atoms with Crippen LogP contribution in [0.5, 0.6) is 0 Å². The van der Waals surface area contributed by atoms with Gasteiger partial charge in [-0.15, -0.1) is 0 Å². The molecule has 0 aliphatic heterocycles. The summed E-state index contributed by atoms with van der Waals surface area (Å²) in [6, 6.07) is 8.07. The van der Waals surface area contributed by atoms with Crippen LogP contribution in [-0.4, -0.2) is 23.8 Å². The number of carboxylic acid groups (broad SMARTS) is 1. The lowest BCUT2D eigenvalue weighted by Gasteiger charge is -2.23. The van der Waals surface area contributed by atoms with Crippen molar-refractivity contribution >= 4 is 5.97 Å².